The summed E-state index contributed by atoms with van der Waals surface area (Å²) in [5, 5.41) is 13.6. The van der Waals surface area contributed by atoms with Crippen molar-refractivity contribution in [2.45, 2.75) is 45.1 Å². The molecule has 1 amide bonds. The van der Waals surface area contributed by atoms with E-state index in [-0.39, 0.29) is 12.0 Å². The predicted molar refractivity (Wildman–Crippen MR) is 82.1 cm³/mol. The molecule has 2 heterocycles. The number of ether oxygens (including phenoxy) is 1. The Morgan fingerprint density at radius 1 is 1.41 bits per heavy atom. The van der Waals surface area contributed by atoms with Crippen molar-refractivity contribution >= 4 is 11.9 Å². The molecule has 120 valence electrons. The Hall–Kier alpha value is -2.23. The van der Waals surface area contributed by atoms with E-state index in [0.717, 1.165) is 18.5 Å². The number of carbonyl (C=O) groups is 1. The third kappa shape index (κ3) is 3.32. The van der Waals surface area contributed by atoms with E-state index in [9.17, 15) is 10.1 Å². The number of anilines is 1. The number of piperidine rings is 1. The number of hydrogen-bond acceptors (Lipinski definition) is 5. The maximum Gasteiger partial charge on any atom is 0.410 e. The Bertz CT molecular complexity index is 601. The number of nitrogens with two attached hydrogens (primary N) is 1. The maximum absolute atomic E-state index is 12.0. The molecule has 0 saturated carbocycles. The molecule has 0 bridgehead atoms. The molecule has 0 spiro atoms. The summed E-state index contributed by atoms with van der Waals surface area (Å²) in [7, 11) is 1.73. The van der Waals surface area contributed by atoms with Crippen LogP contribution in [0, 0.1) is 11.3 Å². The molecule has 1 aromatic rings. The van der Waals surface area contributed by atoms with E-state index in [0.29, 0.717) is 24.5 Å². The molecule has 1 aliphatic rings. The van der Waals surface area contributed by atoms with Gasteiger partial charge in [-0.15, -0.1) is 0 Å². The second-order valence-electron chi connectivity index (χ2n) is 6.62. The van der Waals surface area contributed by atoms with Crippen LogP contribution in [0.15, 0.2) is 0 Å². The highest BCUT2D eigenvalue weighted by Crippen LogP contribution is 2.31. The first-order chi connectivity index (χ1) is 10.2. The summed E-state index contributed by atoms with van der Waals surface area (Å²) in [5.41, 5.74) is 6.57. The highest BCUT2D eigenvalue weighted by Gasteiger charge is 2.30. The van der Waals surface area contributed by atoms with E-state index in [2.05, 4.69) is 11.2 Å². The average Bonchev–Trinajstić information content (AvgIpc) is 2.72. The second kappa shape index (κ2) is 5.87. The van der Waals surface area contributed by atoms with Crippen LogP contribution in [0.2, 0.25) is 0 Å². The summed E-state index contributed by atoms with van der Waals surface area (Å²) in [5.74, 6) is 0.545. The first-order valence-electron chi connectivity index (χ1n) is 7.43. The van der Waals surface area contributed by atoms with Gasteiger partial charge in [-0.3, -0.25) is 4.68 Å². The minimum absolute atomic E-state index is 0.150. The summed E-state index contributed by atoms with van der Waals surface area (Å²) in [6.07, 6.45) is 1.22. The zero-order chi connectivity index (χ0) is 16.5. The molecule has 2 rings (SSSR count). The Balaban J connectivity index is 2.03. The summed E-state index contributed by atoms with van der Waals surface area (Å²) in [6, 6.07) is 2.13. The van der Waals surface area contributed by atoms with Crippen molar-refractivity contribution in [2.75, 3.05) is 18.8 Å². The molecule has 0 aromatic carbocycles. The molecule has 1 saturated heterocycles. The zero-order valence-corrected chi connectivity index (χ0v) is 13.6. The molecule has 7 nitrogen and oxygen atoms in total. The molecular formula is C15H23N5O2. The predicted octanol–water partition coefficient (Wildman–Crippen LogP) is 1.99. The summed E-state index contributed by atoms with van der Waals surface area (Å²) < 4.78 is 6.92. The lowest BCUT2D eigenvalue weighted by Gasteiger charge is -2.33. The number of nitriles is 1. The standard InChI is InChI=1S/C15H23N5O2/c1-15(2,3)22-14(21)20-7-5-10(6-8-20)12-11(9-16)13(17)19(4)18-12/h10H,5-8,17H2,1-4H3. The lowest BCUT2D eigenvalue weighted by atomic mass is 9.91. The number of hydrogen-bond donors (Lipinski definition) is 1. The van der Waals surface area contributed by atoms with Gasteiger partial charge in [0.1, 0.15) is 23.1 Å². The lowest BCUT2D eigenvalue weighted by Crippen LogP contribution is -2.41. The smallest absolute Gasteiger partial charge is 0.410 e. The summed E-state index contributed by atoms with van der Waals surface area (Å²) in [6.45, 7) is 6.76. The van der Waals surface area contributed by atoms with Crippen LogP contribution in [-0.4, -0.2) is 39.5 Å². The largest absolute Gasteiger partial charge is 0.444 e. The molecule has 0 radical (unpaired) electrons. The number of aryl methyl sites for hydroxylation is 1. The fourth-order valence-electron chi connectivity index (χ4n) is 2.62. The molecule has 1 aliphatic heterocycles. The fourth-order valence-corrected chi connectivity index (χ4v) is 2.62. The van der Waals surface area contributed by atoms with Crippen molar-refractivity contribution in [2.24, 2.45) is 7.05 Å². The van der Waals surface area contributed by atoms with Gasteiger partial charge in [0.25, 0.3) is 0 Å². The van der Waals surface area contributed by atoms with E-state index < -0.39 is 5.60 Å². The van der Waals surface area contributed by atoms with Crippen molar-refractivity contribution in [3.63, 3.8) is 0 Å². The summed E-state index contributed by atoms with van der Waals surface area (Å²) >= 11 is 0. The number of nitrogen functional groups attached to an aromatic ring is 1. The van der Waals surface area contributed by atoms with Crippen LogP contribution < -0.4 is 5.73 Å². The Morgan fingerprint density at radius 2 is 2.00 bits per heavy atom. The van der Waals surface area contributed by atoms with Crippen LogP contribution >= 0.6 is 0 Å². The highest BCUT2D eigenvalue weighted by atomic mass is 16.6. The van der Waals surface area contributed by atoms with Gasteiger partial charge >= 0.3 is 6.09 Å². The van der Waals surface area contributed by atoms with Crippen molar-refractivity contribution in [3.05, 3.63) is 11.3 Å². The Morgan fingerprint density at radius 3 is 2.50 bits per heavy atom. The van der Waals surface area contributed by atoms with Crippen LogP contribution in [0.1, 0.15) is 50.8 Å². The molecule has 22 heavy (non-hydrogen) atoms. The topological polar surface area (TPSA) is 97.2 Å². The van der Waals surface area contributed by atoms with Crippen LogP contribution in [-0.2, 0) is 11.8 Å². The van der Waals surface area contributed by atoms with Gasteiger partial charge in [0.2, 0.25) is 0 Å². The number of carbonyl (C=O) groups excluding carboxylic acids is 1. The van der Waals surface area contributed by atoms with Gasteiger partial charge in [0.15, 0.2) is 0 Å². The van der Waals surface area contributed by atoms with Crippen molar-refractivity contribution < 1.29 is 9.53 Å². The molecule has 1 fully saturated rings. The van der Waals surface area contributed by atoms with E-state index in [1.165, 1.54) is 4.68 Å². The van der Waals surface area contributed by atoms with Gasteiger partial charge in [0, 0.05) is 26.1 Å². The molecule has 0 atom stereocenters. The van der Waals surface area contributed by atoms with E-state index >= 15 is 0 Å². The van der Waals surface area contributed by atoms with Crippen LogP contribution in [0.4, 0.5) is 10.6 Å². The zero-order valence-electron chi connectivity index (χ0n) is 13.6. The van der Waals surface area contributed by atoms with Gasteiger partial charge in [-0.05, 0) is 33.6 Å². The molecule has 0 aliphatic carbocycles. The minimum atomic E-state index is -0.489. The van der Waals surface area contributed by atoms with Crippen molar-refractivity contribution in [3.8, 4) is 6.07 Å². The number of rotatable bonds is 1. The number of nitrogens with zero attached hydrogens (tertiary/aromatic N) is 4. The van der Waals surface area contributed by atoms with E-state index in [1.807, 2.05) is 20.8 Å². The molecule has 7 heteroatoms. The van der Waals surface area contributed by atoms with Gasteiger partial charge in [-0.25, -0.2) is 4.79 Å². The Labute approximate surface area is 130 Å². The van der Waals surface area contributed by atoms with Crippen LogP contribution in [0.5, 0.6) is 0 Å². The van der Waals surface area contributed by atoms with Gasteiger partial charge in [0.05, 0.1) is 5.69 Å². The number of amides is 1. The normalized spacial score (nSPS) is 16.4. The third-order valence-electron chi connectivity index (χ3n) is 3.76. The molecule has 1 aromatic heterocycles. The number of aromatic nitrogens is 2. The van der Waals surface area contributed by atoms with Gasteiger partial charge in [-0.2, -0.15) is 10.4 Å². The van der Waals surface area contributed by atoms with Crippen LogP contribution in [0.3, 0.4) is 0 Å². The second-order valence-corrected chi connectivity index (χ2v) is 6.62. The van der Waals surface area contributed by atoms with Crippen molar-refractivity contribution in [1.29, 1.82) is 5.26 Å². The quantitative estimate of drug-likeness (QED) is 0.855. The summed E-state index contributed by atoms with van der Waals surface area (Å²) in [4.78, 5) is 13.8. The fraction of sp³-hybridized carbons (Fsp3) is 0.667. The van der Waals surface area contributed by atoms with Gasteiger partial charge < -0.3 is 15.4 Å². The first kappa shape index (κ1) is 16.1. The van der Waals surface area contributed by atoms with Crippen molar-refractivity contribution in [1.82, 2.24) is 14.7 Å². The number of likely N-dealkylation sites (tertiary alicyclic amines) is 1. The minimum Gasteiger partial charge on any atom is -0.444 e. The van der Waals surface area contributed by atoms with Crippen LogP contribution in [0.25, 0.3) is 0 Å². The average molecular weight is 305 g/mol. The monoisotopic (exact) mass is 305 g/mol. The molecule has 2 N–H and O–H groups in total. The molecular weight excluding hydrogens is 282 g/mol. The van der Waals surface area contributed by atoms with E-state index in [1.54, 1.807) is 11.9 Å². The maximum atomic E-state index is 12.0. The van der Waals surface area contributed by atoms with E-state index in [4.69, 9.17) is 10.5 Å². The third-order valence-corrected chi connectivity index (χ3v) is 3.76. The SMILES string of the molecule is Cn1nc(C2CCN(C(=O)OC(C)(C)C)CC2)c(C#N)c1N. The lowest BCUT2D eigenvalue weighted by molar-refractivity contribution is 0.0204. The first-order valence-corrected chi connectivity index (χ1v) is 7.43. The van der Waals surface area contributed by atoms with Gasteiger partial charge in [-0.1, -0.05) is 0 Å². The Kier molecular flexibility index (Phi) is 4.31. The highest BCUT2D eigenvalue weighted by molar-refractivity contribution is 5.68. The molecule has 0 unspecified atom stereocenters.